The number of nitrogens with one attached hydrogen (secondary N) is 1. The van der Waals surface area contributed by atoms with Gasteiger partial charge in [-0.2, -0.15) is 0 Å². The average Bonchev–Trinajstić information content (AvgIpc) is 2.89. The van der Waals surface area contributed by atoms with Gasteiger partial charge in [-0.25, -0.2) is 4.98 Å². The highest BCUT2D eigenvalue weighted by Gasteiger charge is 2.27. The van der Waals surface area contributed by atoms with E-state index in [2.05, 4.69) is 23.3 Å². The zero-order chi connectivity index (χ0) is 14.7. The summed E-state index contributed by atoms with van der Waals surface area (Å²) in [5.74, 6) is 0.914. The van der Waals surface area contributed by atoms with E-state index in [9.17, 15) is 0 Å². The molecule has 0 spiro atoms. The first-order valence-corrected chi connectivity index (χ1v) is 8.35. The van der Waals surface area contributed by atoms with E-state index in [0.29, 0.717) is 12.0 Å². The highest BCUT2D eigenvalue weighted by Crippen LogP contribution is 2.33. The number of aromatic nitrogens is 1. The molecule has 0 unspecified atom stereocenters. The van der Waals surface area contributed by atoms with Gasteiger partial charge < -0.3 is 14.8 Å². The molecule has 1 aliphatic heterocycles. The van der Waals surface area contributed by atoms with Gasteiger partial charge in [-0.1, -0.05) is 18.3 Å². The monoisotopic (exact) mass is 306 g/mol. The summed E-state index contributed by atoms with van der Waals surface area (Å²) < 4.78 is 12.2. The molecule has 1 fully saturated rings. The van der Waals surface area contributed by atoms with Gasteiger partial charge in [0, 0.05) is 19.8 Å². The van der Waals surface area contributed by atoms with Crippen molar-refractivity contribution in [3.63, 3.8) is 0 Å². The lowest BCUT2D eigenvalue weighted by atomic mass is 9.82. The molecule has 1 saturated heterocycles. The number of fused-ring (bicyclic) bond motifs is 1. The number of anilines is 1. The number of ether oxygens (including phenoxy) is 2. The molecule has 1 aromatic carbocycles. The van der Waals surface area contributed by atoms with Crippen LogP contribution in [0.25, 0.3) is 10.2 Å². The zero-order valence-electron chi connectivity index (χ0n) is 12.6. The van der Waals surface area contributed by atoms with E-state index in [-0.39, 0.29) is 0 Å². The van der Waals surface area contributed by atoms with Crippen molar-refractivity contribution >= 4 is 26.7 Å². The fourth-order valence-corrected chi connectivity index (χ4v) is 3.46. The third-order valence-corrected chi connectivity index (χ3v) is 5.01. The molecule has 0 saturated carbocycles. The predicted molar refractivity (Wildman–Crippen MR) is 87.4 cm³/mol. The van der Waals surface area contributed by atoms with Gasteiger partial charge in [-0.05, 0) is 43.4 Å². The molecular weight excluding hydrogens is 284 g/mol. The number of hydrogen-bond donors (Lipinski definition) is 1. The van der Waals surface area contributed by atoms with Crippen LogP contribution in [0.2, 0.25) is 0 Å². The predicted octanol–water partition coefficient (Wildman–Crippen LogP) is 3.92. The normalized spacial score (nSPS) is 17.8. The van der Waals surface area contributed by atoms with E-state index in [1.807, 2.05) is 19.1 Å². The largest absolute Gasteiger partial charge is 0.494 e. The van der Waals surface area contributed by atoms with Gasteiger partial charge in [0.25, 0.3) is 0 Å². The highest BCUT2D eigenvalue weighted by molar-refractivity contribution is 7.22. The van der Waals surface area contributed by atoms with Crippen molar-refractivity contribution in [3.05, 3.63) is 18.2 Å². The van der Waals surface area contributed by atoms with Crippen LogP contribution in [0.1, 0.15) is 26.7 Å². The van der Waals surface area contributed by atoms with Gasteiger partial charge in [0.2, 0.25) is 0 Å². The summed E-state index contributed by atoms with van der Waals surface area (Å²) in [6, 6.07) is 6.07. The van der Waals surface area contributed by atoms with Crippen molar-refractivity contribution in [2.45, 2.75) is 26.7 Å². The van der Waals surface area contributed by atoms with Gasteiger partial charge >= 0.3 is 0 Å². The summed E-state index contributed by atoms with van der Waals surface area (Å²) in [6.45, 7) is 7.71. The molecular formula is C16H22N2O2S. The Morgan fingerprint density at radius 3 is 2.95 bits per heavy atom. The number of thiazole rings is 1. The van der Waals surface area contributed by atoms with Crippen molar-refractivity contribution in [1.82, 2.24) is 4.98 Å². The second-order valence-corrected chi connectivity index (χ2v) is 6.89. The number of hydrogen-bond acceptors (Lipinski definition) is 5. The molecule has 4 nitrogen and oxygen atoms in total. The van der Waals surface area contributed by atoms with Crippen LogP contribution in [0.3, 0.4) is 0 Å². The maximum Gasteiger partial charge on any atom is 0.183 e. The average molecular weight is 306 g/mol. The summed E-state index contributed by atoms with van der Waals surface area (Å²) >= 11 is 1.69. The first kappa shape index (κ1) is 14.6. The molecule has 3 rings (SSSR count). The van der Waals surface area contributed by atoms with E-state index in [4.69, 9.17) is 9.47 Å². The molecule has 21 heavy (non-hydrogen) atoms. The van der Waals surface area contributed by atoms with Crippen LogP contribution >= 0.6 is 11.3 Å². The molecule has 1 aromatic heterocycles. The molecule has 1 N–H and O–H groups in total. The summed E-state index contributed by atoms with van der Waals surface area (Å²) in [6.07, 6.45) is 2.22. The molecule has 0 bridgehead atoms. The van der Waals surface area contributed by atoms with E-state index >= 15 is 0 Å². The van der Waals surface area contributed by atoms with Crippen molar-refractivity contribution in [2.24, 2.45) is 5.41 Å². The molecule has 2 heterocycles. The van der Waals surface area contributed by atoms with Crippen LogP contribution in [0, 0.1) is 5.41 Å². The minimum Gasteiger partial charge on any atom is -0.494 e. The van der Waals surface area contributed by atoms with E-state index < -0.39 is 0 Å². The summed E-state index contributed by atoms with van der Waals surface area (Å²) in [4.78, 5) is 4.65. The Morgan fingerprint density at radius 1 is 1.38 bits per heavy atom. The smallest absolute Gasteiger partial charge is 0.183 e. The standard InChI is InChI=1S/C16H22N2O2S/c1-3-20-12-4-5-13-14(10-12)21-15(18-13)17-11-16(2)6-8-19-9-7-16/h4-5,10H,3,6-9,11H2,1-2H3,(H,17,18). The number of nitrogens with zero attached hydrogens (tertiary/aromatic N) is 1. The van der Waals surface area contributed by atoms with Crippen molar-refractivity contribution < 1.29 is 9.47 Å². The van der Waals surface area contributed by atoms with Crippen molar-refractivity contribution in [2.75, 3.05) is 31.7 Å². The summed E-state index contributed by atoms with van der Waals surface area (Å²) in [5, 5.41) is 4.50. The van der Waals surface area contributed by atoms with Crippen molar-refractivity contribution in [1.29, 1.82) is 0 Å². The fourth-order valence-electron chi connectivity index (χ4n) is 2.57. The van der Waals surface area contributed by atoms with E-state index in [1.54, 1.807) is 11.3 Å². The molecule has 0 atom stereocenters. The topological polar surface area (TPSA) is 43.4 Å². The second-order valence-electron chi connectivity index (χ2n) is 5.86. The van der Waals surface area contributed by atoms with Crippen LogP contribution in [0.4, 0.5) is 5.13 Å². The van der Waals surface area contributed by atoms with Crippen LogP contribution in [-0.2, 0) is 4.74 Å². The van der Waals surface area contributed by atoms with Gasteiger partial charge in [-0.15, -0.1) is 0 Å². The van der Waals surface area contributed by atoms with E-state index in [1.165, 1.54) is 4.70 Å². The molecule has 1 aliphatic rings. The fraction of sp³-hybridized carbons (Fsp3) is 0.562. The Hall–Kier alpha value is -1.33. The Balaban J connectivity index is 1.69. The van der Waals surface area contributed by atoms with Crippen molar-refractivity contribution in [3.8, 4) is 5.75 Å². The maximum absolute atomic E-state index is 5.54. The van der Waals surface area contributed by atoms with Gasteiger partial charge in [-0.3, -0.25) is 0 Å². The lowest BCUT2D eigenvalue weighted by Crippen LogP contribution is -2.33. The minimum atomic E-state index is 0.312. The van der Waals surface area contributed by atoms with Crippen LogP contribution in [-0.4, -0.2) is 31.3 Å². The number of benzene rings is 1. The molecule has 0 aliphatic carbocycles. The Morgan fingerprint density at radius 2 is 2.19 bits per heavy atom. The number of rotatable bonds is 5. The minimum absolute atomic E-state index is 0.312. The third kappa shape index (κ3) is 3.47. The van der Waals surface area contributed by atoms with E-state index in [0.717, 1.165) is 49.0 Å². The second kappa shape index (κ2) is 6.20. The summed E-state index contributed by atoms with van der Waals surface area (Å²) in [5.41, 5.74) is 1.34. The van der Waals surface area contributed by atoms with Gasteiger partial charge in [0.15, 0.2) is 5.13 Å². The molecule has 5 heteroatoms. The maximum atomic E-state index is 5.54. The molecule has 0 amide bonds. The Bertz CT molecular complexity index is 605. The lowest BCUT2D eigenvalue weighted by molar-refractivity contribution is 0.0300. The van der Waals surface area contributed by atoms with Gasteiger partial charge in [0.1, 0.15) is 5.75 Å². The highest BCUT2D eigenvalue weighted by atomic mass is 32.1. The summed E-state index contributed by atoms with van der Waals surface area (Å²) in [7, 11) is 0. The molecule has 0 radical (unpaired) electrons. The van der Waals surface area contributed by atoms with Crippen LogP contribution in [0.15, 0.2) is 18.2 Å². The quantitative estimate of drug-likeness (QED) is 0.909. The SMILES string of the molecule is CCOc1ccc2nc(NCC3(C)CCOCC3)sc2c1. The Kier molecular flexibility index (Phi) is 4.31. The first-order valence-electron chi connectivity index (χ1n) is 7.53. The molecule has 114 valence electrons. The lowest BCUT2D eigenvalue weighted by Gasteiger charge is -2.33. The van der Waals surface area contributed by atoms with Crippen LogP contribution < -0.4 is 10.1 Å². The Labute approximate surface area is 129 Å². The zero-order valence-corrected chi connectivity index (χ0v) is 13.5. The van der Waals surface area contributed by atoms with Crippen LogP contribution in [0.5, 0.6) is 5.75 Å². The third-order valence-electron chi connectivity index (χ3n) is 4.04. The molecule has 2 aromatic rings. The first-order chi connectivity index (χ1) is 10.2. The van der Waals surface area contributed by atoms with Gasteiger partial charge in [0.05, 0.1) is 16.8 Å².